The number of aliphatic carboxylic acids is 2. The number of carbonyl (C=O) groups is 5. The van der Waals surface area contributed by atoms with Gasteiger partial charge in [0.25, 0.3) is 0 Å². The molecule has 0 bridgehead atoms. The molecule has 6 unspecified atom stereocenters. The van der Waals surface area contributed by atoms with Crippen LogP contribution in [0.15, 0.2) is 30.5 Å². The highest BCUT2D eigenvalue weighted by Gasteiger charge is 2.33. The van der Waals surface area contributed by atoms with Gasteiger partial charge in [0.1, 0.15) is 18.1 Å². The lowest BCUT2D eigenvalue weighted by molar-refractivity contribution is -0.144. The highest BCUT2D eigenvalue weighted by molar-refractivity contribution is 5.96. The van der Waals surface area contributed by atoms with E-state index in [1.54, 1.807) is 20.0 Å². The molecule has 2 rings (SSSR count). The van der Waals surface area contributed by atoms with Crippen LogP contribution in [0.25, 0.3) is 10.9 Å². The summed E-state index contributed by atoms with van der Waals surface area (Å²) in [6, 6.07) is 2.45. The SMILES string of the molecule is CCC(C)C(N)C(=O)NC(Cc1c[nH]c2ccccc12)C(=O)NC(CC(=O)O)C(=O)NC(C(=O)O)C(C)CC. The van der Waals surface area contributed by atoms with E-state index in [0.717, 1.165) is 10.9 Å². The summed E-state index contributed by atoms with van der Waals surface area (Å²) < 4.78 is 0. The van der Waals surface area contributed by atoms with Gasteiger partial charge >= 0.3 is 11.9 Å². The number of nitrogens with one attached hydrogen (secondary N) is 4. The number of aromatic amines is 1. The van der Waals surface area contributed by atoms with Gasteiger partial charge in [-0.3, -0.25) is 19.2 Å². The second-order valence-corrected chi connectivity index (χ2v) is 9.91. The number of hydrogen-bond acceptors (Lipinski definition) is 6. The molecule has 1 aromatic heterocycles. The molecule has 214 valence electrons. The maximum atomic E-state index is 13.4. The summed E-state index contributed by atoms with van der Waals surface area (Å²) in [7, 11) is 0. The summed E-state index contributed by atoms with van der Waals surface area (Å²) >= 11 is 0. The maximum absolute atomic E-state index is 13.4. The van der Waals surface area contributed by atoms with E-state index in [-0.39, 0.29) is 12.3 Å². The lowest BCUT2D eigenvalue weighted by atomic mass is 9.97. The molecule has 2 aromatic rings. The van der Waals surface area contributed by atoms with Crippen LogP contribution >= 0.6 is 0 Å². The van der Waals surface area contributed by atoms with Gasteiger partial charge in [-0.2, -0.15) is 0 Å². The van der Waals surface area contributed by atoms with Gasteiger partial charge in [0.2, 0.25) is 17.7 Å². The van der Waals surface area contributed by atoms with Crippen LogP contribution < -0.4 is 21.7 Å². The van der Waals surface area contributed by atoms with Crippen molar-refractivity contribution < 1.29 is 34.2 Å². The molecule has 6 atom stereocenters. The smallest absolute Gasteiger partial charge is 0.326 e. The van der Waals surface area contributed by atoms with Gasteiger partial charge < -0.3 is 36.9 Å². The van der Waals surface area contributed by atoms with Crippen LogP contribution in [0, 0.1) is 11.8 Å². The molecule has 0 saturated carbocycles. The number of H-pyrrole nitrogens is 1. The molecule has 0 aliphatic rings. The third kappa shape index (κ3) is 8.54. The second kappa shape index (κ2) is 14.3. The number of carbonyl (C=O) groups excluding carboxylic acids is 3. The molecular formula is C27H39N5O7. The molecule has 12 nitrogen and oxygen atoms in total. The highest BCUT2D eigenvalue weighted by Crippen LogP contribution is 2.19. The standard InChI is InChI=1S/C27H39N5O7/c1-5-14(3)22(28)26(37)31-19(11-16-13-29-18-10-8-7-9-17(16)18)24(35)30-20(12-21(33)34)25(36)32-23(27(38)39)15(4)6-2/h7-10,13-15,19-20,22-23,29H,5-6,11-12,28H2,1-4H3,(H,30,35)(H,31,37)(H,32,36)(H,33,34)(H,38,39). The Morgan fingerprint density at radius 2 is 1.46 bits per heavy atom. The Labute approximate surface area is 227 Å². The first-order valence-corrected chi connectivity index (χ1v) is 13.1. The summed E-state index contributed by atoms with van der Waals surface area (Å²) in [5.74, 6) is -5.58. The molecular weight excluding hydrogens is 506 g/mol. The molecule has 0 spiro atoms. The molecule has 1 heterocycles. The van der Waals surface area contributed by atoms with Crippen molar-refractivity contribution in [3.8, 4) is 0 Å². The average Bonchev–Trinajstić information content (AvgIpc) is 3.31. The molecule has 39 heavy (non-hydrogen) atoms. The van der Waals surface area contributed by atoms with Gasteiger partial charge in [-0.05, 0) is 23.5 Å². The fourth-order valence-corrected chi connectivity index (χ4v) is 4.10. The summed E-state index contributed by atoms with van der Waals surface area (Å²) in [5.41, 5.74) is 7.61. The van der Waals surface area contributed by atoms with E-state index >= 15 is 0 Å². The first-order valence-electron chi connectivity index (χ1n) is 13.1. The Morgan fingerprint density at radius 3 is 2.05 bits per heavy atom. The summed E-state index contributed by atoms with van der Waals surface area (Å²) in [4.78, 5) is 65.6. The monoisotopic (exact) mass is 545 g/mol. The van der Waals surface area contributed by atoms with Crippen molar-refractivity contribution >= 4 is 40.6 Å². The third-order valence-electron chi connectivity index (χ3n) is 7.08. The van der Waals surface area contributed by atoms with Crippen LogP contribution in [0.5, 0.6) is 0 Å². The van der Waals surface area contributed by atoms with Crippen molar-refractivity contribution in [2.75, 3.05) is 0 Å². The molecule has 0 radical (unpaired) electrons. The van der Waals surface area contributed by atoms with Gasteiger partial charge in [0, 0.05) is 23.5 Å². The van der Waals surface area contributed by atoms with Crippen molar-refractivity contribution in [2.45, 2.75) is 77.5 Å². The number of carboxylic acid groups (broad SMARTS) is 2. The fourth-order valence-electron chi connectivity index (χ4n) is 4.10. The number of fused-ring (bicyclic) bond motifs is 1. The quantitative estimate of drug-likeness (QED) is 0.172. The summed E-state index contributed by atoms with van der Waals surface area (Å²) in [5, 5.41) is 27.1. The minimum absolute atomic E-state index is 0.0286. The second-order valence-electron chi connectivity index (χ2n) is 9.91. The Balaban J connectivity index is 2.34. The number of nitrogens with two attached hydrogens (primary N) is 1. The summed E-state index contributed by atoms with van der Waals surface area (Å²) in [6.45, 7) is 7.08. The van der Waals surface area contributed by atoms with Gasteiger partial charge in [-0.15, -0.1) is 0 Å². The number of carboxylic acids is 2. The Bertz CT molecular complexity index is 1180. The van der Waals surface area contributed by atoms with Crippen LogP contribution in [0.1, 0.15) is 52.5 Å². The predicted octanol–water partition coefficient (Wildman–Crippen LogP) is 1.14. The zero-order chi connectivity index (χ0) is 29.3. The highest BCUT2D eigenvalue weighted by atomic mass is 16.4. The maximum Gasteiger partial charge on any atom is 0.326 e. The number of aromatic nitrogens is 1. The zero-order valence-electron chi connectivity index (χ0n) is 22.7. The molecule has 0 fully saturated rings. The van der Waals surface area contributed by atoms with Gasteiger partial charge in [-0.25, -0.2) is 4.79 Å². The van der Waals surface area contributed by atoms with E-state index in [0.29, 0.717) is 18.4 Å². The van der Waals surface area contributed by atoms with E-state index in [9.17, 15) is 34.2 Å². The average molecular weight is 546 g/mol. The Morgan fingerprint density at radius 1 is 0.872 bits per heavy atom. The molecule has 8 N–H and O–H groups in total. The van der Waals surface area contributed by atoms with Crippen LogP contribution in [0.4, 0.5) is 0 Å². The minimum Gasteiger partial charge on any atom is -0.481 e. The fraction of sp³-hybridized carbons (Fsp3) is 0.519. The first kappa shape index (κ1) is 31.3. The van der Waals surface area contributed by atoms with E-state index in [1.807, 2.05) is 38.1 Å². The largest absolute Gasteiger partial charge is 0.481 e. The third-order valence-corrected chi connectivity index (χ3v) is 7.08. The van der Waals surface area contributed by atoms with E-state index in [4.69, 9.17) is 5.73 Å². The topological polar surface area (TPSA) is 204 Å². The van der Waals surface area contributed by atoms with Gasteiger partial charge in [-0.1, -0.05) is 58.7 Å². The van der Waals surface area contributed by atoms with E-state index < -0.39 is 66.2 Å². The number of hydrogen-bond donors (Lipinski definition) is 7. The number of benzene rings is 1. The lowest BCUT2D eigenvalue weighted by Gasteiger charge is -2.26. The van der Waals surface area contributed by atoms with Gasteiger partial charge in [0.05, 0.1) is 12.5 Å². The van der Waals surface area contributed by atoms with Crippen LogP contribution in [0.3, 0.4) is 0 Å². The van der Waals surface area contributed by atoms with Crippen LogP contribution in [-0.2, 0) is 30.4 Å². The Hall–Kier alpha value is -3.93. The number of amides is 3. The molecule has 3 amide bonds. The van der Waals surface area contributed by atoms with Crippen LogP contribution in [0.2, 0.25) is 0 Å². The molecule has 0 aliphatic heterocycles. The Kier molecular flexibility index (Phi) is 11.5. The van der Waals surface area contributed by atoms with E-state index in [2.05, 4.69) is 20.9 Å². The normalized spacial score (nSPS) is 15.8. The number of para-hydroxylation sites is 1. The predicted molar refractivity (Wildman–Crippen MR) is 145 cm³/mol. The molecule has 0 aliphatic carbocycles. The number of rotatable bonds is 15. The molecule has 1 aromatic carbocycles. The first-order chi connectivity index (χ1) is 18.4. The molecule has 0 saturated heterocycles. The van der Waals surface area contributed by atoms with Crippen molar-refractivity contribution in [2.24, 2.45) is 17.6 Å². The van der Waals surface area contributed by atoms with E-state index in [1.165, 1.54) is 0 Å². The lowest BCUT2D eigenvalue weighted by Crippen LogP contribution is -2.59. The molecule has 12 heteroatoms. The zero-order valence-corrected chi connectivity index (χ0v) is 22.7. The van der Waals surface area contributed by atoms with Crippen molar-refractivity contribution in [3.63, 3.8) is 0 Å². The van der Waals surface area contributed by atoms with Crippen molar-refractivity contribution in [3.05, 3.63) is 36.0 Å². The van der Waals surface area contributed by atoms with Crippen molar-refractivity contribution in [1.82, 2.24) is 20.9 Å². The van der Waals surface area contributed by atoms with Crippen LogP contribution in [-0.4, -0.2) is 69.0 Å². The minimum atomic E-state index is -1.58. The summed E-state index contributed by atoms with van der Waals surface area (Å²) in [6.07, 6.45) is 2.03. The van der Waals surface area contributed by atoms with Crippen molar-refractivity contribution in [1.29, 1.82) is 0 Å². The van der Waals surface area contributed by atoms with Gasteiger partial charge in [0.15, 0.2) is 0 Å².